The van der Waals surface area contributed by atoms with E-state index in [4.69, 9.17) is 0 Å². The van der Waals surface area contributed by atoms with E-state index in [9.17, 15) is 9.59 Å². The molecule has 2 amide bonds. The number of nitrogens with one attached hydrogen (secondary N) is 1. The molecule has 0 bridgehead atoms. The highest BCUT2D eigenvalue weighted by Gasteiger charge is 2.11. The molecule has 0 atom stereocenters. The molecule has 0 radical (unpaired) electrons. The normalized spacial score (nSPS) is 10.1. The first-order valence-corrected chi connectivity index (χ1v) is 7.75. The number of amides is 2. The first kappa shape index (κ1) is 16.7. The van der Waals surface area contributed by atoms with Gasteiger partial charge in [0.15, 0.2) is 0 Å². The molecule has 1 N–H and O–H groups in total. The molecule has 0 unspecified atom stereocenters. The molecular weight excluding hydrogens is 288 g/mol. The van der Waals surface area contributed by atoms with Crippen LogP contribution in [0.4, 0.5) is 0 Å². The molecule has 0 spiro atoms. The third kappa shape index (κ3) is 5.94. The molecule has 2 aromatic carbocycles. The fourth-order valence-electron chi connectivity index (χ4n) is 2.27. The maximum absolute atomic E-state index is 11.9. The highest BCUT2D eigenvalue weighted by Crippen LogP contribution is 2.05. The summed E-state index contributed by atoms with van der Waals surface area (Å²) in [6, 6.07) is 19.6. The molecule has 0 saturated heterocycles. The highest BCUT2D eigenvalue weighted by atomic mass is 16.2. The van der Waals surface area contributed by atoms with Crippen LogP contribution in [0, 0.1) is 0 Å². The van der Waals surface area contributed by atoms with E-state index in [1.54, 1.807) is 4.90 Å². The van der Waals surface area contributed by atoms with Crippen molar-refractivity contribution in [3.8, 4) is 0 Å². The lowest BCUT2D eigenvalue weighted by molar-refractivity contribution is -0.130. The first-order chi connectivity index (χ1) is 11.1. The molecule has 23 heavy (non-hydrogen) atoms. The minimum atomic E-state index is -0.0480. The minimum Gasteiger partial charge on any atom is -0.352 e. The molecule has 120 valence electrons. The van der Waals surface area contributed by atoms with Gasteiger partial charge in [0, 0.05) is 33.0 Å². The van der Waals surface area contributed by atoms with Gasteiger partial charge in [0.1, 0.15) is 0 Å². The Balaban J connectivity index is 1.79. The SMILES string of the molecule is CC(=O)N(CCC(=O)NCc1ccccc1)Cc1ccccc1. The van der Waals surface area contributed by atoms with Crippen LogP contribution >= 0.6 is 0 Å². The number of carbonyl (C=O) groups excluding carboxylic acids is 2. The van der Waals surface area contributed by atoms with Crippen LogP contribution in [-0.2, 0) is 22.7 Å². The summed E-state index contributed by atoms with van der Waals surface area (Å²) in [7, 11) is 0. The number of hydrogen-bond donors (Lipinski definition) is 1. The van der Waals surface area contributed by atoms with Crippen molar-refractivity contribution >= 4 is 11.8 Å². The summed E-state index contributed by atoms with van der Waals surface area (Å²) in [6.45, 7) is 3.00. The van der Waals surface area contributed by atoms with Gasteiger partial charge in [-0.2, -0.15) is 0 Å². The van der Waals surface area contributed by atoms with Crippen LogP contribution in [0.5, 0.6) is 0 Å². The molecule has 4 nitrogen and oxygen atoms in total. The molecule has 0 aliphatic rings. The Bertz CT molecular complexity index is 626. The second-order valence-electron chi connectivity index (χ2n) is 5.44. The van der Waals surface area contributed by atoms with E-state index in [1.165, 1.54) is 6.92 Å². The van der Waals surface area contributed by atoms with Gasteiger partial charge in [0.25, 0.3) is 0 Å². The predicted octanol–water partition coefficient (Wildman–Crippen LogP) is 2.74. The van der Waals surface area contributed by atoms with Crippen LogP contribution in [0.1, 0.15) is 24.5 Å². The van der Waals surface area contributed by atoms with Crippen molar-refractivity contribution in [2.75, 3.05) is 6.54 Å². The lowest BCUT2D eigenvalue weighted by atomic mass is 10.2. The first-order valence-electron chi connectivity index (χ1n) is 7.75. The topological polar surface area (TPSA) is 49.4 Å². The third-order valence-electron chi connectivity index (χ3n) is 3.60. The van der Waals surface area contributed by atoms with Crippen LogP contribution in [-0.4, -0.2) is 23.3 Å². The van der Waals surface area contributed by atoms with Gasteiger partial charge in [0.05, 0.1) is 0 Å². The smallest absolute Gasteiger partial charge is 0.222 e. The Morgan fingerprint density at radius 2 is 1.48 bits per heavy atom. The number of nitrogens with zero attached hydrogens (tertiary/aromatic N) is 1. The summed E-state index contributed by atoms with van der Waals surface area (Å²) in [5, 5.41) is 2.88. The number of rotatable bonds is 7. The molecular formula is C19H22N2O2. The van der Waals surface area contributed by atoms with Gasteiger partial charge in [0.2, 0.25) is 11.8 Å². The van der Waals surface area contributed by atoms with Gasteiger partial charge in [-0.05, 0) is 11.1 Å². The van der Waals surface area contributed by atoms with Gasteiger partial charge in [-0.1, -0.05) is 60.7 Å². The molecule has 0 aliphatic carbocycles. The van der Waals surface area contributed by atoms with Crippen LogP contribution in [0.3, 0.4) is 0 Å². The van der Waals surface area contributed by atoms with E-state index < -0.39 is 0 Å². The van der Waals surface area contributed by atoms with Crippen LogP contribution < -0.4 is 5.32 Å². The monoisotopic (exact) mass is 310 g/mol. The van der Waals surface area contributed by atoms with E-state index in [1.807, 2.05) is 60.7 Å². The number of hydrogen-bond acceptors (Lipinski definition) is 2. The van der Waals surface area contributed by atoms with E-state index in [0.717, 1.165) is 11.1 Å². The molecule has 0 aliphatic heterocycles. The Labute approximate surface area is 137 Å². The Hall–Kier alpha value is -2.62. The zero-order valence-corrected chi connectivity index (χ0v) is 13.4. The fourth-order valence-corrected chi connectivity index (χ4v) is 2.27. The van der Waals surface area contributed by atoms with Gasteiger partial charge >= 0.3 is 0 Å². The van der Waals surface area contributed by atoms with Crippen molar-refractivity contribution < 1.29 is 9.59 Å². The van der Waals surface area contributed by atoms with Crippen LogP contribution in [0.15, 0.2) is 60.7 Å². The lowest BCUT2D eigenvalue weighted by Gasteiger charge is -2.21. The summed E-state index contributed by atoms with van der Waals surface area (Å²) in [4.78, 5) is 25.4. The molecule has 0 heterocycles. The summed E-state index contributed by atoms with van der Waals surface area (Å²) < 4.78 is 0. The minimum absolute atomic E-state index is 0.0234. The van der Waals surface area contributed by atoms with Gasteiger partial charge in [-0.15, -0.1) is 0 Å². The number of benzene rings is 2. The lowest BCUT2D eigenvalue weighted by Crippen LogP contribution is -2.33. The average molecular weight is 310 g/mol. The maximum atomic E-state index is 11.9. The third-order valence-corrected chi connectivity index (χ3v) is 3.60. The van der Waals surface area contributed by atoms with Crippen LogP contribution in [0.25, 0.3) is 0 Å². The average Bonchev–Trinajstić information content (AvgIpc) is 2.58. The van der Waals surface area contributed by atoms with Gasteiger partial charge in [-0.25, -0.2) is 0 Å². The fraction of sp³-hybridized carbons (Fsp3) is 0.263. The second-order valence-corrected chi connectivity index (χ2v) is 5.44. The van der Waals surface area contributed by atoms with Crippen molar-refractivity contribution in [2.24, 2.45) is 0 Å². The second kappa shape index (κ2) is 8.73. The van der Waals surface area contributed by atoms with E-state index in [0.29, 0.717) is 26.1 Å². The number of carbonyl (C=O) groups is 2. The zero-order chi connectivity index (χ0) is 16.5. The maximum Gasteiger partial charge on any atom is 0.222 e. The van der Waals surface area contributed by atoms with Crippen molar-refractivity contribution in [1.29, 1.82) is 0 Å². The van der Waals surface area contributed by atoms with E-state index in [-0.39, 0.29) is 11.8 Å². The quantitative estimate of drug-likeness (QED) is 0.855. The van der Waals surface area contributed by atoms with E-state index in [2.05, 4.69) is 5.32 Å². The van der Waals surface area contributed by atoms with E-state index >= 15 is 0 Å². The molecule has 0 fully saturated rings. The molecule has 4 heteroatoms. The highest BCUT2D eigenvalue weighted by molar-refractivity contribution is 5.78. The molecule has 2 aromatic rings. The van der Waals surface area contributed by atoms with Crippen molar-refractivity contribution in [3.05, 3.63) is 71.8 Å². The van der Waals surface area contributed by atoms with Gasteiger partial charge < -0.3 is 10.2 Å². The summed E-state index contributed by atoms with van der Waals surface area (Å²) >= 11 is 0. The molecule has 0 saturated carbocycles. The summed E-state index contributed by atoms with van der Waals surface area (Å²) in [5.41, 5.74) is 2.13. The Kier molecular flexibility index (Phi) is 6.36. The molecule has 0 aromatic heterocycles. The molecule has 2 rings (SSSR count). The van der Waals surface area contributed by atoms with Gasteiger partial charge in [-0.3, -0.25) is 9.59 Å². The summed E-state index contributed by atoms with van der Waals surface area (Å²) in [5.74, 6) is -0.0714. The Morgan fingerprint density at radius 3 is 2.04 bits per heavy atom. The van der Waals surface area contributed by atoms with Crippen molar-refractivity contribution in [2.45, 2.75) is 26.4 Å². The predicted molar refractivity (Wildman–Crippen MR) is 90.4 cm³/mol. The largest absolute Gasteiger partial charge is 0.352 e. The Morgan fingerprint density at radius 1 is 0.913 bits per heavy atom. The standard InChI is InChI=1S/C19H22N2O2/c1-16(22)21(15-18-10-6-3-7-11-18)13-12-19(23)20-14-17-8-4-2-5-9-17/h2-11H,12-15H2,1H3,(H,20,23). The van der Waals surface area contributed by atoms with Crippen LogP contribution in [0.2, 0.25) is 0 Å². The summed E-state index contributed by atoms with van der Waals surface area (Å²) in [6.07, 6.45) is 0.305. The van der Waals surface area contributed by atoms with Crippen molar-refractivity contribution in [1.82, 2.24) is 10.2 Å². The zero-order valence-electron chi connectivity index (χ0n) is 13.4. The van der Waals surface area contributed by atoms with Crippen molar-refractivity contribution in [3.63, 3.8) is 0 Å².